The molecule has 0 spiro atoms. The molecule has 2 aliphatic rings. The molecule has 2 aromatic carbocycles. The Bertz CT molecular complexity index is 1090. The van der Waals surface area contributed by atoms with E-state index in [1.54, 1.807) is 9.91 Å². The van der Waals surface area contributed by atoms with Gasteiger partial charge in [0.2, 0.25) is 5.91 Å². The lowest BCUT2D eigenvalue weighted by atomic mass is 9.96. The SMILES string of the molecule is CC(=O)N(CCN1CCOCC1)CC(=O)N1N=C(c2ccc(C)c(C)c2)C[C@H]1c1ccc(C)cc1. The maximum atomic E-state index is 13.6. The van der Waals surface area contributed by atoms with Gasteiger partial charge in [0.15, 0.2) is 0 Å². The van der Waals surface area contributed by atoms with Crippen LogP contribution in [0, 0.1) is 20.8 Å². The molecule has 186 valence electrons. The number of hydrogen-bond acceptors (Lipinski definition) is 5. The van der Waals surface area contributed by atoms with E-state index in [9.17, 15) is 9.59 Å². The molecule has 0 saturated carbocycles. The van der Waals surface area contributed by atoms with Crippen LogP contribution in [0.15, 0.2) is 47.6 Å². The Hall–Kier alpha value is -3.03. The van der Waals surface area contributed by atoms with Gasteiger partial charge in [0.05, 0.1) is 25.0 Å². The number of benzene rings is 2. The third kappa shape index (κ3) is 6.16. The quantitative estimate of drug-likeness (QED) is 0.614. The van der Waals surface area contributed by atoms with Gasteiger partial charge in [0.25, 0.3) is 5.91 Å². The van der Waals surface area contributed by atoms with E-state index in [-0.39, 0.29) is 24.4 Å². The van der Waals surface area contributed by atoms with Gasteiger partial charge < -0.3 is 9.64 Å². The first-order valence-corrected chi connectivity index (χ1v) is 12.4. The van der Waals surface area contributed by atoms with Gasteiger partial charge in [0.1, 0.15) is 6.54 Å². The van der Waals surface area contributed by atoms with E-state index in [0.717, 1.165) is 36.5 Å². The predicted molar refractivity (Wildman–Crippen MR) is 137 cm³/mol. The molecule has 0 aliphatic carbocycles. The zero-order valence-electron chi connectivity index (χ0n) is 21.3. The summed E-state index contributed by atoms with van der Waals surface area (Å²) in [5.41, 5.74) is 6.59. The maximum Gasteiger partial charge on any atom is 0.262 e. The highest BCUT2D eigenvalue weighted by Crippen LogP contribution is 2.33. The predicted octanol–water partition coefficient (Wildman–Crippen LogP) is 3.47. The van der Waals surface area contributed by atoms with E-state index >= 15 is 0 Å². The molecule has 2 aliphatic heterocycles. The second-order valence-corrected chi connectivity index (χ2v) is 9.61. The lowest BCUT2D eigenvalue weighted by Gasteiger charge is -2.30. The van der Waals surface area contributed by atoms with Crippen LogP contribution in [0.1, 0.15) is 47.2 Å². The largest absolute Gasteiger partial charge is 0.379 e. The average Bonchev–Trinajstić information content (AvgIpc) is 3.30. The molecule has 2 heterocycles. The van der Waals surface area contributed by atoms with Crippen LogP contribution in [0.2, 0.25) is 0 Å². The Balaban J connectivity index is 1.54. The molecule has 0 bridgehead atoms. The number of carbonyl (C=O) groups is 2. The highest BCUT2D eigenvalue weighted by Gasteiger charge is 2.34. The molecule has 0 unspecified atom stereocenters. The summed E-state index contributed by atoms with van der Waals surface area (Å²) in [5.74, 6) is -0.261. The minimum Gasteiger partial charge on any atom is -0.379 e. The van der Waals surface area contributed by atoms with E-state index in [4.69, 9.17) is 9.84 Å². The van der Waals surface area contributed by atoms with Gasteiger partial charge in [-0.1, -0.05) is 42.0 Å². The number of carbonyl (C=O) groups excluding carboxylic acids is 2. The van der Waals surface area contributed by atoms with Crippen LogP contribution in [0.5, 0.6) is 0 Å². The van der Waals surface area contributed by atoms with Gasteiger partial charge in [-0.15, -0.1) is 0 Å². The molecule has 7 heteroatoms. The van der Waals surface area contributed by atoms with Crippen molar-refractivity contribution in [3.8, 4) is 0 Å². The lowest BCUT2D eigenvalue weighted by Crippen LogP contribution is -2.45. The number of hydrazone groups is 1. The molecule has 0 radical (unpaired) electrons. The molecule has 1 atom stereocenters. The smallest absolute Gasteiger partial charge is 0.262 e. The number of nitrogens with zero attached hydrogens (tertiary/aromatic N) is 4. The molecule has 1 saturated heterocycles. The average molecular weight is 477 g/mol. The van der Waals surface area contributed by atoms with Crippen molar-refractivity contribution in [1.82, 2.24) is 14.8 Å². The van der Waals surface area contributed by atoms with Gasteiger partial charge >= 0.3 is 0 Å². The highest BCUT2D eigenvalue weighted by molar-refractivity contribution is 6.03. The van der Waals surface area contributed by atoms with Gasteiger partial charge in [-0.3, -0.25) is 14.5 Å². The molecule has 0 aromatic heterocycles. The lowest BCUT2D eigenvalue weighted by molar-refractivity contribution is -0.140. The summed E-state index contributed by atoms with van der Waals surface area (Å²) in [7, 11) is 0. The van der Waals surface area contributed by atoms with Crippen LogP contribution in [0.3, 0.4) is 0 Å². The Morgan fingerprint density at radius 1 is 1.03 bits per heavy atom. The first-order chi connectivity index (χ1) is 16.8. The molecule has 35 heavy (non-hydrogen) atoms. The van der Waals surface area contributed by atoms with Crippen LogP contribution in [-0.4, -0.2) is 78.3 Å². The third-order valence-corrected chi connectivity index (χ3v) is 7.03. The molecule has 7 nitrogen and oxygen atoms in total. The summed E-state index contributed by atoms with van der Waals surface area (Å²) in [6, 6.07) is 14.4. The van der Waals surface area contributed by atoms with E-state index in [1.165, 1.54) is 23.6 Å². The van der Waals surface area contributed by atoms with Crippen molar-refractivity contribution in [3.05, 3.63) is 70.3 Å². The van der Waals surface area contributed by atoms with E-state index in [0.29, 0.717) is 26.2 Å². The minimum absolute atomic E-state index is 0.0196. The Kier molecular flexibility index (Phi) is 7.98. The number of ether oxygens (including phenoxy) is 1. The summed E-state index contributed by atoms with van der Waals surface area (Å²) in [6.07, 6.45) is 0.644. The van der Waals surface area contributed by atoms with E-state index in [1.807, 2.05) is 0 Å². The molecule has 1 fully saturated rings. The van der Waals surface area contributed by atoms with Crippen LogP contribution in [0.4, 0.5) is 0 Å². The van der Waals surface area contributed by atoms with Gasteiger partial charge in [-0.2, -0.15) is 5.10 Å². The summed E-state index contributed by atoms with van der Waals surface area (Å²) in [5, 5.41) is 6.40. The fourth-order valence-corrected chi connectivity index (χ4v) is 4.55. The highest BCUT2D eigenvalue weighted by atomic mass is 16.5. The normalized spacial score (nSPS) is 18.5. The van der Waals surface area contributed by atoms with Crippen LogP contribution in [0.25, 0.3) is 0 Å². The van der Waals surface area contributed by atoms with Crippen molar-refractivity contribution >= 4 is 17.5 Å². The topological polar surface area (TPSA) is 65.5 Å². The second kappa shape index (κ2) is 11.1. The van der Waals surface area contributed by atoms with Gasteiger partial charge in [-0.25, -0.2) is 5.01 Å². The van der Waals surface area contributed by atoms with Crippen LogP contribution in [-0.2, 0) is 14.3 Å². The van der Waals surface area contributed by atoms with Crippen LogP contribution >= 0.6 is 0 Å². The zero-order valence-corrected chi connectivity index (χ0v) is 21.3. The fraction of sp³-hybridized carbons (Fsp3) is 0.464. The molecule has 4 rings (SSSR count). The first kappa shape index (κ1) is 25.1. The van der Waals surface area contributed by atoms with Crippen molar-refractivity contribution in [3.63, 3.8) is 0 Å². The minimum atomic E-state index is -0.187. The monoisotopic (exact) mass is 476 g/mol. The summed E-state index contributed by atoms with van der Waals surface area (Å²) >= 11 is 0. The van der Waals surface area contributed by atoms with Gasteiger partial charge in [0, 0.05) is 39.5 Å². The van der Waals surface area contributed by atoms with Crippen molar-refractivity contribution in [2.75, 3.05) is 45.9 Å². The van der Waals surface area contributed by atoms with Crippen LogP contribution < -0.4 is 0 Å². The summed E-state index contributed by atoms with van der Waals surface area (Å²) in [4.78, 5) is 29.8. The molecule has 2 amide bonds. The van der Waals surface area contributed by atoms with Crippen molar-refractivity contribution < 1.29 is 14.3 Å². The second-order valence-electron chi connectivity index (χ2n) is 9.61. The van der Waals surface area contributed by atoms with Crippen molar-refractivity contribution in [2.45, 2.75) is 40.2 Å². The first-order valence-electron chi connectivity index (χ1n) is 12.4. The summed E-state index contributed by atoms with van der Waals surface area (Å²) in [6.45, 7) is 12.1. The molecular weight excluding hydrogens is 440 g/mol. The Labute approximate surface area is 208 Å². The molecular formula is C28H36N4O3. The van der Waals surface area contributed by atoms with E-state index in [2.05, 4.69) is 68.1 Å². The Morgan fingerprint density at radius 2 is 1.74 bits per heavy atom. The number of hydrogen-bond donors (Lipinski definition) is 0. The Morgan fingerprint density at radius 3 is 2.40 bits per heavy atom. The molecule has 2 aromatic rings. The number of aryl methyl sites for hydroxylation is 3. The molecule has 0 N–H and O–H groups in total. The third-order valence-electron chi connectivity index (χ3n) is 7.03. The fourth-order valence-electron chi connectivity index (χ4n) is 4.55. The van der Waals surface area contributed by atoms with Gasteiger partial charge in [-0.05, 0) is 49.1 Å². The van der Waals surface area contributed by atoms with Crippen molar-refractivity contribution in [1.29, 1.82) is 0 Å². The zero-order chi connectivity index (χ0) is 24.9. The van der Waals surface area contributed by atoms with E-state index < -0.39 is 0 Å². The van der Waals surface area contributed by atoms with Crippen molar-refractivity contribution in [2.24, 2.45) is 5.10 Å². The standard InChI is InChI=1S/C28H36N4O3/c1-20-5-8-24(9-6-20)27-18-26(25-10-7-21(2)22(3)17-25)29-32(27)28(34)19-31(23(4)33)12-11-30-13-15-35-16-14-30/h5-10,17,27H,11-16,18-19H2,1-4H3/t27-/m0/s1. The number of rotatable bonds is 7. The number of amides is 2. The maximum absolute atomic E-state index is 13.6. The number of morpholine rings is 1. The summed E-state index contributed by atoms with van der Waals surface area (Å²) < 4.78 is 5.41.